The lowest BCUT2D eigenvalue weighted by molar-refractivity contribution is -0.139. The first-order valence-corrected chi connectivity index (χ1v) is 6.44. The van der Waals surface area contributed by atoms with E-state index in [0.717, 1.165) is 0 Å². The standard InChI is InChI=1S/C8H11N3O7S/c12-2-1-4(7(14)15)11-19(17,18)5-3-9-8(16)10-6(5)13/h3-4,11-12H,1-2H2,(H,14,15)(H2,9,10,13,16)/t4-/m0/s1. The van der Waals surface area contributed by atoms with Gasteiger partial charge in [0.1, 0.15) is 6.04 Å². The molecule has 0 amide bonds. The number of carboxylic acid groups (broad SMARTS) is 1. The van der Waals surface area contributed by atoms with Crippen LogP contribution in [-0.4, -0.2) is 47.2 Å². The van der Waals surface area contributed by atoms with E-state index < -0.39 is 44.8 Å². The van der Waals surface area contributed by atoms with Crippen LogP contribution in [0.25, 0.3) is 0 Å². The zero-order chi connectivity index (χ0) is 14.6. The molecule has 1 aromatic heterocycles. The molecule has 1 rings (SSSR count). The lowest BCUT2D eigenvalue weighted by Gasteiger charge is -2.12. The van der Waals surface area contributed by atoms with Crippen LogP contribution in [0.2, 0.25) is 0 Å². The van der Waals surface area contributed by atoms with E-state index in [1.165, 1.54) is 0 Å². The molecule has 0 aliphatic rings. The highest BCUT2D eigenvalue weighted by Crippen LogP contribution is 2.02. The predicted molar refractivity (Wildman–Crippen MR) is 61.1 cm³/mol. The topological polar surface area (TPSA) is 169 Å². The number of carboxylic acids is 1. The number of nitrogens with one attached hydrogen (secondary N) is 3. The number of H-pyrrole nitrogens is 2. The first kappa shape index (κ1) is 15.1. The molecule has 0 unspecified atom stereocenters. The summed E-state index contributed by atoms with van der Waals surface area (Å²) in [5.74, 6) is -1.50. The third-order valence-electron chi connectivity index (χ3n) is 2.09. The summed E-state index contributed by atoms with van der Waals surface area (Å²) in [6, 6.07) is -1.58. The molecule has 19 heavy (non-hydrogen) atoms. The van der Waals surface area contributed by atoms with Crippen molar-refractivity contribution < 1.29 is 23.4 Å². The average molecular weight is 293 g/mol. The Kier molecular flexibility index (Phi) is 4.58. The molecule has 0 aromatic carbocycles. The van der Waals surface area contributed by atoms with Crippen molar-refractivity contribution in [2.75, 3.05) is 6.61 Å². The Bertz CT molecular complexity index is 674. The lowest BCUT2D eigenvalue weighted by Crippen LogP contribution is -2.43. The molecule has 5 N–H and O–H groups in total. The predicted octanol–water partition coefficient (Wildman–Crippen LogP) is -2.82. The summed E-state index contributed by atoms with van der Waals surface area (Å²) >= 11 is 0. The normalized spacial score (nSPS) is 13.1. The number of sulfonamides is 1. The number of aliphatic carboxylic acids is 1. The first-order chi connectivity index (χ1) is 8.77. The molecule has 0 aliphatic carbocycles. The Hall–Kier alpha value is -1.98. The minimum atomic E-state index is -4.43. The molecule has 1 atom stereocenters. The van der Waals surface area contributed by atoms with Crippen molar-refractivity contribution in [1.29, 1.82) is 0 Å². The van der Waals surface area contributed by atoms with Gasteiger partial charge in [-0.05, 0) is 6.42 Å². The van der Waals surface area contributed by atoms with E-state index in [1.54, 1.807) is 9.71 Å². The summed E-state index contributed by atoms with van der Waals surface area (Å²) in [4.78, 5) is 35.6. The molecule has 1 aromatic rings. The van der Waals surface area contributed by atoms with Crippen LogP contribution in [0.4, 0.5) is 0 Å². The van der Waals surface area contributed by atoms with Crippen molar-refractivity contribution >= 4 is 16.0 Å². The van der Waals surface area contributed by atoms with Gasteiger partial charge in [-0.25, -0.2) is 13.2 Å². The van der Waals surface area contributed by atoms with E-state index in [1.807, 2.05) is 4.98 Å². The van der Waals surface area contributed by atoms with Crippen LogP contribution < -0.4 is 16.0 Å². The number of hydrogen-bond acceptors (Lipinski definition) is 6. The van der Waals surface area contributed by atoms with Crippen molar-refractivity contribution in [3.8, 4) is 0 Å². The minimum absolute atomic E-state index is 0.365. The van der Waals surface area contributed by atoms with E-state index in [0.29, 0.717) is 6.20 Å². The molecule has 0 bridgehead atoms. The molecule has 1 heterocycles. The van der Waals surface area contributed by atoms with Crippen molar-refractivity contribution in [3.05, 3.63) is 27.0 Å². The van der Waals surface area contributed by atoms with Crippen LogP contribution in [0.3, 0.4) is 0 Å². The van der Waals surface area contributed by atoms with E-state index in [2.05, 4.69) is 0 Å². The van der Waals surface area contributed by atoms with Crippen LogP contribution in [0.1, 0.15) is 6.42 Å². The Balaban J connectivity index is 3.13. The van der Waals surface area contributed by atoms with E-state index in [9.17, 15) is 22.8 Å². The Morgan fingerprint density at radius 1 is 1.42 bits per heavy atom. The lowest BCUT2D eigenvalue weighted by atomic mass is 10.2. The third-order valence-corrected chi connectivity index (χ3v) is 3.57. The maximum atomic E-state index is 11.8. The molecule has 0 saturated heterocycles. The molecule has 106 valence electrons. The van der Waals surface area contributed by atoms with Gasteiger partial charge in [-0.3, -0.25) is 14.6 Å². The van der Waals surface area contributed by atoms with Crippen LogP contribution in [0.5, 0.6) is 0 Å². The van der Waals surface area contributed by atoms with E-state index in [4.69, 9.17) is 10.2 Å². The van der Waals surface area contributed by atoms with Gasteiger partial charge in [0.25, 0.3) is 5.56 Å². The van der Waals surface area contributed by atoms with Gasteiger partial charge in [-0.2, -0.15) is 4.72 Å². The van der Waals surface area contributed by atoms with Crippen molar-refractivity contribution in [2.24, 2.45) is 0 Å². The fourth-order valence-corrected chi connectivity index (χ4v) is 2.44. The summed E-state index contributed by atoms with van der Waals surface area (Å²) < 4.78 is 25.3. The van der Waals surface area contributed by atoms with Crippen molar-refractivity contribution in [3.63, 3.8) is 0 Å². The van der Waals surface area contributed by atoms with Gasteiger partial charge >= 0.3 is 11.7 Å². The molecule has 0 radical (unpaired) electrons. The Morgan fingerprint density at radius 2 is 2.05 bits per heavy atom. The number of hydrogen-bond donors (Lipinski definition) is 5. The van der Waals surface area contributed by atoms with Crippen molar-refractivity contribution in [2.45, 2.75) is 17.4 Å². The second kappa shape index (κ2) is 5.77. The Labute approximate surface area is 106 Å². The van der Waals surface area contributed by atoms with Crippen molar-refractivity contribution in [1.82, 2.24) is 14.7 Å². The van der Waals surface area contributed by atoms with Gasteiger partial charge in [0.05, 0.1) is 0 Å². The summed E-state index contributed by atoms with van der Waals surface area (Å²) in [5.41, 5.74) is -2.07. The van der Waals surface area contributed by atoms with Gasteiger partial charge in [0, 0.05) is 12.8 Å². The number of rotatable bonds is 6. The van der Waals surface area contributed by atoms with Gasteiger partial charge < -0.3 is 15.2 Å². The molecular formula is C8H11N3O7S. The van der Waals surface area contributed by atoms with Gasteiger partial charge in [0.15, 0.2) is 4.90 Å². The molecule has 11 heteroatoms. The summed E-state index contributed by atoms with van der Waals surface area (Å²) in [7, 11) is -4.43. The maximum absolute atomic E-state index is 11.8. The molecule has 0 saturated carbocycles. The van der Waals surface area contributed by atoms with Crippen LogP contribution in [0, 0.1) is 0 Å². The van der Waals surface area contributed by atoms with E-state index >= 15 is 0 Å². The second-order valence-electron chi connectivity index (χ2n) is 3.46. The fraction of sp³-hybridized carbons (Fsp3) is 0.375. The molecule has 10 nitrogen and oxygen atoms in total. The molecule has 0 fully saturated rings. The van der Waals surface area contributed by atoms with Crippen LogP contribution in [-0.2, 0) is 14.8 Å². The van der Waals surface area contributed by atoms with Crippen LogP contribution in [0.15, 0.2) is 20.7 Å². The molecule has 0 spiro atoms. The zero-order valence-corrected chi connectivity index (χ0v) is 10.2. The number of aromatic amines is 2. The number of aliphatic hydroxyl groups excluding tert-OH is 1. The van der Waals surface area contributed by atoms with Gasteiger partial charge in [-0.1, -0.05) is 0 Å². The first-order valence-electron chi connectivity index (χ1n) is 4.96. The smallest absolute Gasteiger partial charge is 0.325 e. The largest absolute Gasteiger partial charge is 0.480 e. The van der Waals surface area contributed by atoms with Crippen LogP contribution >= 0.6 is 0 Å². The molecule has 0 aliphatic heterocycles. The monoisotopic (exact) mass is 293 g/mol. The van der Waals surface area contributed by atoms with E-state index in [-0.39, 0.29) is 6.42 Å². The zero-order valence-electron chi connectivity index (χ0n) is 9.41. The Morgan fingerprint density at radius 3 is 2.53 bits per heavy atom. The molecular weight excluding hydrogens is 282 g/mol. The number of aromatic nitrogens is 2. The highest BCUT2D eigenvalue weighted by molar-refractivity contribution is 7.89. The number of aliphatic hydroxyl groups is 1. The fourth-order valence-electron chi connectivity index (χ4n) is 1.21. The highest BCUT2D eigenvalue weighted by atomic mass is 32.2. The maximum Gasteiger partial charge on any atom is 0.325 e. The summed E-state index contributed by atoms with van der Waals surface area (Å²) in [5, 5.41) is 17.4. The summed E-state index contributed by atoms with van der Waals surface area (Å²) in [6.45, 7) is -0.554. The highest BCUT2D eigenvalue weighted by Gasteiger charge is 2.27. The minimum Gasteiger partial charge on any atom is -0.480 e. The number of carbonyl (C=O) groups is 1. The summed E-state index contributed by atoms with van der Waals surface area (Å²) in [6.07, 6.45) is 0.289. The quantitative estimate of drug-likeness (QED) is 0.376. The van der Waals surface area contributed by atoms with Gasteiger partial charge in [-0.15, -0.1) is 0 Å². The second-order valence-corrected chi connectivity index (χ2v) is 5.14. The SMILES string of the molecule is O=C(O)[C@H](CCO)NS(=O)(=O)c1c[nH]c(=O)[nH]c1=O. The van der Waals surface area contributed by atoms with Gasteiger partial charge in [0.2, 0.25) is 10.0 Å². The average Bonchev–Trinajstić information content (AvgIpc) is 2.27. The third kappa shape index (κ3) is 3.74.